The van der Waals surface area contributed by atoms with Gasteiger partial charge in [0.25, 0.3) is 0 Å². The molecule has 3 nitrogen and oxygen atoms in total. The summed E-state index contributed by atoms with van der Waals surface area (Å²) in [5.41, 5.74) is 4.33. The standard InChI is InChI=1S/C24H32O3/c1-2-20-14-11-12-18-22(20)23(21-15-8-7-9-16-21)17-10-5-3-4-6-13-19-27-24(25)26/h7-9,11-12,14-16,18,23H,2-6,10,13,17,19H2,1H3,(H,25,26). The summed E-state index contributed by atoms with van der Waals surface area (Å²) in [7, 11) is 0. The Morgan fingerprint density at radius 1 is 0.889 bits per heavy atom. The molecule has 2 rings (SSSR count). The van der Waals surface area contributed by atoms with Crippen LogP contribution in [0.3, 0.4) is 0 Å². The molecule has 1 unspecified atom stereocenters. The Balaban J connectivity index is 1.83. The largest absolute Gasteiger partial charge is 0.505 e. The van der Waals surface area contributed by atoms with E-state index in [0.29, 0.717) is 12.5 Å². The van der Waals surface area contributed by atoms with Gasteiger partial charge in [-0.2, -0.15) is 0 Å². The second-order valence-electron chi connectivity index (χ2n) is 7.04. The predicted molar refractivity (Wildman–Crippen MR) is 110 cm³/mol. The molecule has 0 amide bonds. The number of hydrogen-bond acceptors (Lipinski definition) is 2. The Kier molecular flexibility index (Phi) is 9.47. The number of ether oxygens (including phenoxy) is 1. The van der Waals surface area contributed by atoms with Crippen molar-refractivity contribution in [3.63, 3.8) is 0 Å². The zero-order chi connectivity index (χ0) is 19.3. The van der Waals surface area contributed by atoms with Gasteiger partial charge in [0, 0.05) is 5.92 Å². The summed E-state index contributed by atoms with van der Waals surface area (Å²) in [6, 6.07) is 19.7. The molecule has 0 aromatic heterocycles. The smallest absolute Gasteiger partial charge is 0.450 e. The third-order valence-electron chi connectivity index (χ3n) is 5.13. The van der Waals surface area contributed by atoms with Crippen LogP contribution in [-0.2, 0) is 11.2 Å². The second-order valence-corrected chi connectivity index (χ2v) is 7.04. The van der Waals surface area contributed by atoms with Gasteiger partial charge < -0.3 is 9.84 Å². The Labute approximate surface area is 163 Å². The summed E-state index contributed by atoms with van der Waals surface area (Å²) in [4.78, 5) is 10.3. The van der Waals surface area contributed by atoms with Crippen molar-refractivity contribution in [3.8, 4) is 0 Å². The molecule has 0 saturated heterocycles. The molecule has 0 aliphatic rings. The quantitative estimate of drug-likeness (QED) is 0.331. The number of hydrogen-bond donors (Lipinski definition) is 1. The first kappa shape index (κ1) is 21.0. The van der Waals surface area contributed by atoms with Gasteiger partial charge >= 0.3 is 6.16 Å². The summed E-state index contributed by atoms with van der Waals surface area (Å²) in [5, 5.41) is 8.44. The molecular weight excluding hydrogens is 336 g/mol. The highest BCUT2D eigenvalue weighted by Gasteiger charge is 2.16. The Bertz CT molecular complexity index is 666. The molecule has 0 saturated carbocycles. The number of benzene rings is 2. The van der Waals surface area contributed by atoms with Crippen molar-refractivity contribution in [2.75, 3.05) is 6.61 Å². The van der Waals surface area contributed by atoms with Crippen LogP contribution in [-0.4, -0.2) is 17.9 Å². The van der Waals surface area contributed by atoms with Gasteiger partial charge in [0.05, 0.1) is 6.61 Å². The first-order chi connectivity index (χ1) is 13.2. The normalized spacial score (nSPS) is 11.9. The third kappa shape index (κ3) is 7.46. The lowest BCUT2D eigenvalue weighted by atomic mass is 9.83. The lowest BCUT2D eigenvalue weighted by Crippen LogP contribution is -2.05. The molecule has 27 heavy (non-hydrogen) atoms. The average Bonchev–Trinajstić information content (AvgIpc) is 2.70. The molecule has 0 heterocycles. The maximum Gasteiger partial charge on any atom is 0.505 e. The number of carbonyl (C=O) groups is 1. The van der Waals surface area contributed by atoms with Crippen LogP contribution in [0.2, 0.25) is 0 Å². The van der Waals surface area contributed by atoms with E-state index in [1.54, 1.807) is 0 Å². The van der Waals surface area contributed by atoms with E-state index in [-0.39, 0.29) is 0 Å². The van der Waals surface area contributed by atoms with Crippen LogP contribution >= 0.6 is 0 Å². The fourth-order valence-electron chi connectivity index (χ4n) is 3.70. The van der Waals surface area contributed by atoms with Crippen LogP contribution in [0.25, 0.3) is 0 Å². The fraction of sp³-hybridized carbons (Fsp3) is 0.458. The van der Waals surface area contributed by atoms with Crippen LogP contribution in [0.4, 0.5) is 4.79 Å². The first-order valence-corrected chi connectivity index (χ1v) is 10.2. The van der Waals surface area contributed by atoms with Crippen molar-refractivity contribution >= 4 is 6.16 Å². The predicted octanol–water partition coefficient (Wildman–Crippen LogP) is 6.81. The highest BCUT2D eigenvalue weighted by Crippen LogP contribution is 2.32. The van der Waals surface area contributed by atoms with Gasteiger partial charge in [-0.15, -0.1) is 0 Å². The van der Waals surface area contributed by atoms with Gasteiger partial charge in [-0.1, -0.05) is 93.6 Å². The van der Waals surface area contributed by atoms with E-state index in [4.69, 9.17) is 5.11 Å². The number of rotatable bonds is 12. The lowest BCUT2D eigenvalue weighted by Gasteiger charge is -2.21. The summed E-state index contributed by atoms with van der Waals surface area (Å²) in [6.07, 6.45) is 7.70. The Hall–Kier alpha value is -2.29. The van der Waals surface area contributed by atoms with Crippen molar-refractivity contribution in [3.05, 3.63) is 71.3 Å². The zero-order valence-electron chi connectivity index (χ0n) is 16.4. The molecule has 0 radical (unpaired) electrons. The molecule has 3 heteroatoms. The van der Waals surface area contributed by atoms with E-state index < -0.39 is 6.16 Å². The number of carboxylic acid groups (broad SMARTS) is 1. The Morgan fingerprint density at radius 2 is 1.52 bits per heavy atom. The minimum atomic E-state index is -1.17. The highest BCUT2D eigenvalue weighted by molar-refractivity contribution is 5.56. The summed E-state index contributed by atoms with van der Waals surface area (Å²) in [5.74, 6) is 0.464. The first-order valence-electron chi connectivity index (χ1n) is 10.2. The molecule has 0 spiro atoms. The van der Waals surface area contributed by atoms with Gasteiger partial charge in [0.1, 0.15) is 0 Å². The third-order valence-corrected chi connectivity index (χ3v) is 5.13. The average molecular weight is 369 g/mol. The second kappa shape index (κ2) is 12.2. The Morgan fingerprint density at radius 3 is 2.22 bits per heavy atom. The molecule has 1 atom stereocenters. The SMILES string of the molecule is CCc1ccccc1C(CCCCCCCCOC(=O)O)c1ccccc1. The molecule has 0 aliphatic carbocycles. The molecular formula is C24H32O3. The van der Waals surface area contributed by atoms with Gasteiger partial charge in [-0.05, 0) is 36.0 Å². The van der Waals surface area contributed by atoms with Crippen LogP contribution < -0.4 is 0 Å². The molecule has 2 aromatic carbocycles. The van der Waals surface area contributed by atoms with Crippen LogP contribution in [0.15, 0.2) is 54.6 Å². The molecule has 146 valence electrons. The van der Waals surface area contributed by atoms with Gasteiger partial charge in [0.2, 0.25) is 0 Å². The molecule has 0 bridgehead atoms. The molecule has 0 fully saturated rings. The van der Waals surface area contributed by atoms with Crippen LogP contribution in [0.5, 0.6) is 0 Å². The van der Waals surface area contributed by atoms with Gasteiger partial charge in [0.15, 0.2) is 0 Å². The molecule has 1 N–H and O–H groups in total. The summed E-state index contributed by atoms with van der Waals surface area (Å²) in [6.45, 7) is 2.55. The van der Waals surface area contributed by atoms with Crippen molar-refractivity contribution in [2.24, 2.45) is 0 Å². The minimum Gasteiger partial charge on any atom is -0.450 e. The molecule has 2 aromatic rings. The van der Waals surface area contributed by atoms with E-state index in [0.717, 1.165) is 25.7 Å². The van der Waals surface area contributed by atoms with Crippen LogP contribution in [0, 0.1) is 0 Å². The monoisotopic (exact) mass is 368 g/mol. The summed E-state index contributed by atoms with van der Waals surface area (Å²) < 4.78 is 4.54. The topological polar surface area (TPSA) is 46.5 Å². The van der Waals surface area contributed by atoms with E-state index in [2.05, 4.69) is 66.3 Å². The molecule has 0 aliphatic heterocycles. The lowest BCUT2D eigenvalue weighted by molar-refractivity contribution is 0.0899. The van der Waals surface area contributed by atoms with E-state index in [9.17, 15) is 4.79 Å². The van der Waals surface area contributed by atoms with Crippen molar-refractivity contribution < 1.29 is 14.6 Å². The zero-order valence-corrected chi connectivity index (χ0v) is 16.4. The van der Waals surface area contributed by atoms with Crippen LogP contribution in [0.1, 0.15) is 74.5 Å². The maximum atomic E-state index is 10.3. The highest BCUT2D eigenvalue weighted by atomic mass is 16.7. The maximum absolute atomic E-state index is 10.3. The van der Waals surface area contributed by atoms with E-state index in [1.165, 1.54) is 42.4 Å². The number of unbranched alkanes of at least 4 members (excludes halogenated alkanes) is 5. The van der Waals surface area contributed by atoms with Gasteiger partial charge in [-0.25, -0.2) is 4.79 Å². The minimum absolute atomic E-state index is 0.319. The van der Waals surface area contributed by atoms with Crippen molar-refractivity contribution in [1.29, 1.82) is 0 Å². The number of aryl methyl sites for hydroxylation is 1. The van der Waals surface area contributed by atoms with E-state index >= 15 is 0 Å². The van der Waals surface area contributed by atoms with Gasteiger partial charge in [-0.3, -0.25) is 0 Å². The van der Waals surface area contributed by atoms with Crippen molar-refractivity contribution in [1.82, 2.24) is 0 Å². The summed E-state index contributed by atoms with van der Waals surface area (Å²) >= 11 is 0. The van der Waals surface area contributed by atoms with E-state index in [1.807, 2.05) is 0 Å². The van der Waals surface area contributed by atoms with Crippen molar-refractivity contribution in [2.45, 2.75) is 64.2 Å². The fourth-order valence-corrected chi connectivity index (χ4v) is 3.70.